The summed E-state index contributed by atoms with van der Waals surface area (Å²) in [7, 11) is 0.418. The van der Waals surface area contributed by atoms with E-state index >= 15 is 0 Å². The predicted octanol–water partition coefficient (Wildman–Crippen LogP) is 3.28. The van der Waals surface area contributed by atoms with E-state index in [1.54, 1.807) is 7.11 Å². The maximum Gasteiger partial charge on any atom is 0.134 e. The molecule has 0 saturated heterocycles. The van der Waals surface area contributed by atoms with Crippen LogP contribution in [0.4, 0.5) is 0 Å². The molecule has 0 amide bonds. The molecule has 1 aliphatic rings. The van der Waals surface area contributed by atoms with Gasteiger partial charge in [-0.25, -0.2) is 0 Å². The third kappa shape index (κ3) is 3.16. The lowest BCUT2D eigenvalue weighted by Gasteiger charge is -2.19. The van der Waals surface area contributed by atoms with E-state index in [2.05, 4.69) is 6.07 Å². The van der Waals surface area contributed by atoms with Crippen LogP contribution in [0.25, 0.3) is 0 Å². The zero-order chi connectivity index (χ0) is 13.7. The fourth-order valence-corrected chi connectivity index (χ4v) is 4.39. The number of rotatable bonds is 3. The van der Waals surface area contributed by atoms with Gasteiger partial charge in [-0.3, -0.25) is 4.21 Å². The van der Waals surface area contributed by atoms with Crippen LogP contribution in [0.1, 0.15) is 32.1 Å². The van der Waals surface area contributed by atoms with Gasteiger partial charge in [0.1, 0.15) is 5.75 Å². The zero-order valence-electron chi connectivity index (χ0n) is 11.2. The van der Waals surface area contributed by atoms with Gasteiger partial charge in [-0.05, 0) is 25.0 Å². The number of nitrogens with zero attached hydrogens (tertiary/aromatic N) is 1. The Kier molecular flexibility index (Phi) is 4.98. The van der Waals surface area contributed by atoms with E-state index in [9.17, 15) is 9.47 Å². The van der Waals surface area contributed by atoms with Gasteiger partial charge in [0.2, 0.25) is 0 Å². The largest absolute Gasteiger partial charge is 0.495 e. The first kappa shape index (κ1) is 14.1. The molecule has 2 rings (SSSR count). The highest BCUT2D eigenvalue weighted by Crippen LogP contribution is 2.32. The van der Waals surface area contributed by atoms with Crippen LogP contribution < -0.4 is 4.74 Å². The Labute approximate surface area is 117 Å². The first-order valence-corrected chi connectivity index (χ1v) is 7.92. The molecule has 3 atom stereocenters. The minimum atomic E-state index is -1.17. The number of ether oxygens (including phenoxy) is 1. The number of methoxy groups -OCH3 is 1. The van der Waals surface area contributed by atoms with E-state index in [1.165, 1.54) is 0 Å². The third-order valence-electron chi connectivity index (χ3n) is 3.68. The second-order valence-electron chi connectivity index (χ2n) is 4.86. The first-order chi connectivity index (χ1) is 9.27. The van der Waals surface area contributed by atoms with Crippen LogP contribution in [0.3, 0.4) is 0 Å². The van der Waals surface area contributed by atoms with Gasteiger partial charge in [0, 0.05) is 0 Å². The molecule has 19 heavy (non-hydrogen) atoms. The molecule has 1 aromatic rings. The van der Waals surface area contributed by atoms with Crippen molar-refractivity contribution in [3.8, 4) is 11.8 Å². The van der Waals surface area contributed by atoms with Gasteiger partial charge in [0.15, 0.2) is 0 Å². The Morgan fingerprint density at radius 3 is 2.74 bits per heavy atom. The van der Waals surface area contributed by atoms with E-state index in [4.69, 9.17) is 4.74 Å². The van der Waals surface area contributed by atoms with Gasteiger partial charge in [0.05, 0.1) is 40.0 Å². The van der Waals surface area contributed by atoms with Crippen LogP contribution >= 0.6 is 0 Å². The van der Waals surface area contributed by atoms with Gasteiger partial charge >= 0.3 is 0 Å². The molecular formula is C15H19NO2S. The van der Waals surface area contributed by atoms with Crippen LogP contribution in [-0.4, -0.2) is 16.6 Å². The highest BCUT2D eigenvalue weighted by atomic mass is 32.2. The molecule has 0 N–H and O–H groups in total. The SMILES string of the molecule is COc1ccccc1S(=O)C1CCCCCC1C#N. The second kappa shape index (κ2) is 6.72. The van der Waals surface area contributed by atoms with E-state index in [1.807, 2.05) is 24.3 Å². The Balaban J connectivity index is 2.28. The average molecular weight is 277 g/mol. The zero-order valence-corrected chi connectivity index (χ0v) is 12.0. The first-order valence-electron chi connectivity index (χ1n) is 6.71. The van der Waals surface area contributed by atoms with Crippen molar-refractivity contribution in [2.45, 2.75) is 42.2 Å². The molecule has 102 valence electrons. The summed E-state index contributed by atoms with van der Waals surface area (Å²) >= 11 is 0. The number of hydrogen-bond acceptors (Lipinski definition) is 3. The van der Waals surface area contributed by atoms with Crippen LogP contribution in [-0.2, 0) is 10.8 Å². The molecule has 3 nitrogen and oxygen atoms in total. The van der Waals surface area contributed by atoms with Crippen LogP contribution in [0.2, 0.25) is 0 Å². The highest BCUT2D eigenvalue weighted by Gasteiger charge is 2.30. The lowest BCUT2D eigenvalue weighted by atomic mass is 10.0. The Bertz CT molecular complexity index is 495. The maximum absolute atomic E-state index is 12.8. The summed E-state index contributed by atoms with van der Waals surface area (Å²) in [4.78, 5) is 0.720. The molecule has 0 radical (unpaired) electrons. The van der Waals surface area contributed by atoms with E-state index in [-0.39, 0.29) is 11.2 Å². The van der Waals surface area contributed by atoms with Crippen molar-refractivity contribution in [3.63, 3.8) is 0 Å². The van der Waals surface area contributed by atoms with Crippen molar-refractivity contribution in [1.29, 1.82) is 5.26 Å². The Morgan fingerprint density at radius 2 is 2.00 bits per heavy atom. The fraction of sp³-hybridized carbons (Fsp3) is 0.533. The molecular weight excluding hydrogens is 258 g/mol. The summed E-state index contributed by atoms with van der Waals surface area (Å²) in [6, 6.07) is 9.75. The quantitative estimate of drug-likeness (QED) is 0.797. The molecule has 1 aliphatic carbocycles. The van der Waals surface area contributed by atoms with Crippen molar-refractivity contribution in [3.05, 3.63) is 24.3 Å². The summed E-state index contributed by atoms with van der Waals surface area (Å²) in [6.07, 6.45) is 4.99. The van der Waals surface area contributed by atoms with E-state index in [0.29, 0.717) is 5.75 Å². The lowest BCUT2D eigenvalue weighted by Crippen LogP contribution is -2.24. The van der Waals surface area contributed by atoms with Crippen molar-refractivity contribution < 1.29 is 8.95 Å². The Hall–Kier alpha value is -1.34. The monoisotopic (exact) mass is 277 g/mol. The second-order valence-corrected chi connectivity index (χ2v) is 6.50. The van der Waals surface area contributed by atoms with Crippen molar-refractivity contribution >= 4 is 10.8 Å². The van der Waals surface area contributed by atoms with Gasteiger partial charge in [-0.2, -0.15) is 5.26 Å². The molecule has 0 spiro atoms. The van der Waals surface area contributed by atoms with Gasteiger partial charge < -0.3 is 4.74 Å². The predicted molar refractivity (Wildman–Crippen MR) is 75.4 cm³/mol. The molecule has 3 unspecified atom stereocenters. The molecule has 1 fully saturated rings. The third-order valence-corrected chi connectivity index (χ3v) is 5.56. The fourth-order valence-electron chi connectivity index (χ4n) is 2.63. The molecule has 4 heteroatoms. The number of hydrogen-bond donors (Lipinski definition) is 0. The summed E-state index contributed by atoms with van der Waals surface area (Å²) in [5, 5.41) is 9.23. The lowest BCUT2D eigenvalue weighted by molar-refractivity contribution is 0.403. The molecule has 0 bridgehead atoms. The Morgan fingerprint density at radius 1 is 1.26 bits per heavy atom. The number of nitriles is 1. The van der Waals surface area contributed by atoms with Crippen LogP contribution in [0.5, 0.6) is 5.75 Å². The molecule has 0 aromatic heterocycles. The maximum atomic E-state index is 12.8. The highest BCUT2D eigenvalue weighted by molar-refractivity contribution is 7.85. The summed E-state index contributed by atoms with van der Waals surface area (Å²) < 4.78 is 18.1. The minimum Gasteiger partial charge on any atom is -0.495 e. The summed E-state index contributed by atoms with van der Waals surface area (Å²) in [5.41, 5.74) is 0. The molecule has 1 saturated carbocycles. The number of para-hydroxylation sites is 1. The summed E-state index contributed by atoms with van der Waals surface area (Å²) in [5.74, 6) is 0.551. The smallest absolute Gasteiger partial charge is 0.134 e. The minimum absolute atomic E-state index is 0.0659. The van der Waals surface area contributed by atoms with Gasteiger partial charge in [-0.15, -0.1) is 0 Å². The van der Waals surface area contributed by atoms with E-state index < -0.39 is 10.8 Å². The van der Waals surface area contributed by atoms with Crippen molar-refractivity contribution in [2.24, 2.45) is 5.92 Å². The molecule has 1 aromatic carbocycles. The summed E-state index contributed by atoms with van der Waals surface area (Å²) in [6.45, 7) is 0. The van der Waals surface area contributed by atoms with Gasteiger partial charge in [0.25, 0.3) is 0 Å². The average Bonchev–Trinajstić information content (AvgIpc) is 2.71. The molecule has 0 aliphatic heterocycles. The number of benzene rings is 1. The van der Waals surface area contributed by atoms with Crippen LogP contribution in [0, 0.1) is 17.2 Å². The topological polar surface area (TPSA) is 50.1 Å². The van der Waals surface area contributed by atoms with E-state index in [0.717, 1.165) is 37.0 Å². The van der Waals surface area contributed by atoms with Crippen molar-refractivity contribution in [2.75, 3.05) is 7.11 Å². The standard InChI is InChI=1S/C15H19NO2S/c1-18-13-8-5-6-10-15(13)19(17)14-9-4-2-3-7-12(14)11-16/h5-6,8,10,12,14H,2-4,7,9H2,1H3. The molecule has 0 heterocycles. The normalized spacial score (nSPS) is 25.1. The van der Waals surface area contributed by atoms with Crippen molar-refractivity contribution in [1.82, 2.24) is 0 Å². The van der Waals surface area contributed by atoms with Gasteiger partial charge in [-0.1, -0.05) is 31.4 Å². The van der Waals surface area contributed by atoms with Crippen LogP contribution in [0.15, 0.2) is 29.2 Å².